The first-order chi connectivity index (χ1) is 13.7. The molecule has 28 heavy (non-hydrogen) atoms. The number of ketones is 1. The van der Waals surface area contributed by atoms with Gasteiger partial charge in [0.25, 0.3) is 0 Å². The first-order valence-electron chi connectivity index (χ1n) is 9.61. The molecule has 0 spiro atoms. The highest BCUT2D eigenvalue weighted by molar-refractivity contribution is 6.00. The molecule has 0 bridgehead atoms. The molecule has 2 aromatic rings. The van der Waals surface area contributed by atoms with Gasteiger partial charge in [0.05, 0.1) is 6.61 Å². The molecule has 0 saturated carbocycles. The minimum absolute atomic E-state index is 0.0710. The number of nitrogens with one attached hydrogen (secondary N) is 1. The molecule has 0 atom stereocenters. The quantitative estimate of drug-likeness (QED) is 0.480. The Hall–Kier alpha value is -3.02. The lowest BCUT2D eigenvalue weighted by Crippen LogP contribution is -2.13. The SMILES string of the molecule is CCCCCOc1ccc(C(=O)CCC(=O)Nc2ccc3c(c2)OCO3)cc1. The minimum atomic E-state index is -0.219. The number of fused-ring (bicyclic) bond motifs is 1. The first kappa shape index (κ1) is 19.7. The maximum absolute atomic E-state index is 12.3. The van der Waals surface area contributed by atoms with Gasteiger partial charge in [-0.15, -0.1) is 0 Å². The smallest absolute Gasteiger partial charge is 0.231 e. The van der Waals surface area contributed by atoms with E-state index in [1.54, 1.807) is 42.5 Å². The summed E-state index contributed by atoms with van der Waals surface area (Å²) in [6, 6.07) is 12.3. The maximum atomic E-state index is 12.3. The second-order valence-corrected chi connectivity index (χ2v) is 6.62. The molecule has 0 aliphatic carbocycles. The van der Waals surface area contributed by atoms with Gasteiger partial charge in [-0.3, -0.25) is 9.59 Å². The van der Waals surface area contributed by atoms with E-state index >= 15 is 0 Å². The van der Waals surface area contributed by atoms with E-state index < -0.39 is 0 Å². The number of hydrogen-bond acceptors (Lipinski definition) is 5. The molecule has 0 unspecified atom stereocenters. The molecular formula is C22H25NO5. The summed E-state index contributed by atoms with van der Waals surface area (Å²) in [5, 5.41) is 2.77. The first-order valence-corrected chi connectivity index (χ1v) is 9.61. The van der Waals surface area contributed by atoms with Crippen molar-refractivity contribution in [2.75, 3.05) is 18.7 Å². The van der Waals surface area contributed by atoms with Crippen molar-refractivity contribution in [3.05, 3.63) is 48.0 Å². The third-order valence-corrected chi connectivity index (χ3v) is 4.43. The normalized spacial score (nSPS) is 11.9. The number of ether oxygens (including phenoxy) is 3. The number of Topliss-reactive ketones (excluding diaryl/α,β-unsaturated/α-hetero) is 1. The number of amides is 1. The van der Waals surface area contributed by atoms with Gasteiger partial charge in [-0.25, -0.2) is 0 Å². The Morgan fingerprint density at radius 1 is 1.00 bits per heavy atom. The van der Waals surface area contributed by atoms with Crippen molar-refractivity contribution in [3.8, 4) is 17.2 Å². The molecule has 0 aromatic heterocycles. The molecule has 1 N–H and O–H groups in total. The van der Waals surface area contributed by atoms with Crippen LogP contribution in [0.3, 0.4) is 0 Å². The number of carbonyl (C=O) groups excluding carboxylic acids is 2. The Labute approximate surface area is 164 Å². The molecule has 148 valence electrons. The number of anilines is 1. The molecule has 3 rings (SSSR count). The summed E-state index contributed by atoms with van der Waals surface area (Å²) in [5.74, 6) is 1.73. The molecule has 6 heteroatoms. The summed E-state index contributed by atoms with van der Waals surface area (Å²) in [5.41, 5.74) is 1.20. The molecule has 0 fully saturated rings. The highest BCUT2D eigenvalue weighted by Gasteiger charge is 2.15. The van der Waals surface area contributed by atoms with Gasteiger partial charge in [0.2, 0.25) is 12.7 Å². The largest absolute Gasteiger partial charge is 0.494 e. The predicted molar refractivity (Wildman–Crippen MR) is 106 cm³/mol. The van der Waals surface area contributed by atoms with E-state index in [2.05, 4.69) is 12.2 Å². The van der Waals surface area contributed by atoms with Crippen molar-refractivity contribution in [1.29, 1.82) is 0 Å². The molecule has 6 nitrogen and oxygen atoms in total. The second-order valence-electron chi connectivity index (χ2n) is 6.62. The Balaban J connectivity index is 1.43. The van der Waals surface area contributed by atoms with Crippen molar-refractivity contribution in [1.82, 2.24) is 0 Å². The molecule has 1 aliphatic heterocycles. The number of carbonyl (C=O) groups is 2. The van der Waals surface area contributed by atoms with Crippen LogP contribution in [0.4, 0.5) is 5.69 Å². The van der Waals surface area contributed by atoms with Crippen LogP contribution in [0.1, 0.15) is 49.4 Å². The van der Waals surface area contributed by atoms with Gasteiger partial charge in [0.15, 0.2) is 17.3 Å². The predicted octanol–water partition coefficient (Wildman–Crippen LogP) is 4.59. The van der Waals surface area contributed by atoms with E-state index in [-0.39, 0.29) is 31.3 Å². The maximum Gasteiger partial charge on any atom is 0.231 e. The lowest BCUT2D eigenvalue weighted by molar-refractivity contribution is -0.116. The third-order valence-electron chi connectivity index (χ3n) is 4.43. The van der Waals surface area contributed by atoms with Crippen LogP contribution >= 0.6 is 0 Å². The van der Waals surface area contributed by atoms with Gasteiger partial charge in [0, 0.05) is 30.2 Å². The summed E-state index contributed by atoms with van der Waals surface area (Å²) in [4.78, 5) is 24.4. The number of benzene rings is 2. The Bertz CT molecular complexity index is 816. The average molecular weight is 383 g/mol. The Morgan fingerprint density at radius 3 is 2.57 bits per heavy atom. The standard InChI is InChI=1S/C22H25NO5/c1-2-3-4-13-26-18-8-5-16(6-9-18)19(24)10-12-22(25)23-17-7-11-20-21(14-17)28-15-27-20/h5-9,11,14H,2-4,10,12-13,15H2,1H3,(H,23,25). The summed E-state index contributed by atoms with van der Waals surface area (Å²) in [6.07, 6.45) is 3.58. The van der Waals surface area contributed by atoms with Crippen molar-refractivity contribution in [3.63, 3.8) is 0 Å². The number of hydrogen-bond donors (Lipinski definition) is 1. The van der Waals surface area contributed by atoms with Crippen molar-refractivity contribution < 1.29 is 23.8 Å². The molecular weight excluding hydrogens is 358 g/mol. The zero-order valence-corrected chi connectivity index (χ0v) is 16.0. The number of rotatable bonds is 10. The van der Waals surface area contributed by atoms with E-state index in [1.807, 2.05) is 0 Å². The lowest BCUT2D eigenvalue weighted by Gasteiger charge is -2.07. The molecule has 0 saturated heterocycles. The zero-order chi connectivity index (χ0) is 19.8. The average Bonchev–Trinajstić information content (AvgIpc) is 3.18. The lowest BCUT2D eigenvalue weighted by atomic mass is 10.1. The second kappa shape index (κ2) is 9.78. The van der Waals surface area contributed by atoms with Gasteiger partial charge in [-0.05, 0) is 42.8 Å². The molecule has 2 aromatic carbocycles. The van der Waals surface area contributed by atoms with Gasteiger partial charge in [-0.2, -0.15) is 0 Å². The summed E-state index contributed by atoms with van der Waals surface area (Å²) >= 11 is 0. The molecule has 1 heterocycles. The van der Waals surface area contributed by atoms with Crippen molar-refractivity contribution >= 4 is 17.4 Å². The third kappa shape index (κ3) is 5.49. The minimum Gasteiger partial charge on any atom is -0.494 e. The van der Waals surface area contributed by atoms with Crippen molar-refractivity contribution in [2.45, 2.75) is 39.0 Å². The van der Waals surface area contributed by atoms with Gasteiger partial charge in [-0.1, -0.05) is 19.8 Å². The molecule has 0 radical (unpaired) electrons. The van der Waals surface area contributed by atoms with Crippen LogP contribution in [-0.2, 0) is 4.79 Å². The van der Waals surface area contributed by atoms with Crippen LogP contribution in [-0.4, -0.2) is 25.1 Å². The van der Waals surface area contributed by atoms with Crippen LogP contribution in [0.2, 0.25) is 0 Å². The summed E-state index contributed by atoms with van der Waals surface area (Å²) in [6.45, 7) is 3.01. The topological polar surface area (TPSA) is 73.9 Å². The monoisotopic (exact) mass is 383 g/mol. The number of unbranched alkanes of at least 4 members (excludes halogenated alkanes) is 2. The molecule has 1 aliphatic rings. The Kier molecular flexibility index (Phi) is 6.89. The van der Waals surface area contributed by atoms with Crippen LogP contribution in [0, 0.1) is 0 Å². The van der Waals surface area contributed by atoms with Gasteiger partial charge < -0.3 is 19.5 Å². The highest BCUT2D eigenvalue weighted by Crippen LogP contribution is 2.34. The van der Waals surface area contributed by atoms with Gasteiger partial charge >= 0.3 is 0 Å². The summed E-state index contributed by atoms with van der Waals surface area (Å²) in [7, 11) is 0. The van der Waals surface area contributed by atoms with E-state index in [0.29, 0.717) is 29.4 Å². The van der Waals surface area contributed by atoms with E-state index in [1.165, 1.54) is 0 Å². The van der Waals surface area contributed by atoms with Crippen LogP contribution in [0.5, 0.6) is 17.2 Å². The van der Waals surface area contributed by atoms with Crippen LogP contribution in [0.15, 0.2) is 42.5 Å². The highest BCUT2D eigenvalue weighted by atomic mass is 16.7. The van der Waals surface area contributed by atoms with E-state index in [4.69, 9.17) is 14.2 Å². The Morgan fingerprint density at radius 2 is 1.79 bits per heavy atom. The van der Waals surface area contributed by atoms with Crippen LogP contribution < -0.4 is 19.5 Å². The van der Waals surface area contributed by atoms with E-state index in [9.17, 15) is 9.59 Å². The van der Waals surface area contributed by atoms with E-state index in [0.717, 1.165) is 25.0 Å². The fourth-order valence-electron chi connectivity index (χ4n) is 2.85. The fourth-order valence-corrected chi connectivity index (χ4v) is 2.85. The summed E-state index contributed by atoms with van der Waals surface area (Å²) < 4.78 is 16.2. The van der Waals surface area contributed by atoms with Crippen LogP contribution in [0.25, 0.3) is 0 Å². The zero-order valence-electron chi connectivity index (χ0n) is 16.0. The van der Waals surface area contributed by atoms with Gasteiger partial charge in [0.1, 0.15) is 5.75 Å². The molecule has 1 amide bonds. The fraction of sp³-hybridized carbons (Fsp3) is 0.364. The van der Waals surface area contributed by atoms with Crippen molar-refractivity contribution in [2.24, 2.45) is 0 Å².